The summed E-state index contributed by atoms with van der Waals surface area (Å²) < 4.78 is 6.37. The second-order valence-corrected chi connectivity index (χ2v) is 3.19. The first kappa shape index (κ1) is 5.53. The minimum absolute atomic E-state index is 1.03. The number of halogens is 1. The van der Waals surface area contributed by atoms with Gasteiger partial charge in [-0.2, -0.15) is 0 Å². The van der Waals surface area contributed by atoms with Crippen molar-refractivity contribution in [2.45, 2.75) is 0 Å². The van der Waals surface area contributed by atoms with Crippen LogP contribution < -0.4 is 4.74 Å². The van der Waals surface area contributed by atoms with Crippen molar-refractivity contribution in [3.8, 4) is 5.75 Å². The third-order valence-electron chi connectivity index (χ3n) is 1.58. The van der Waals surface area contributed by atoms with E-state index in [1.807, 2.05) is 0 Å². The van der Waals surface area contributed by atoms with Crippen LogP contribution in [0, 0.1) is 14.0 Å². The maximum atomic E-state index is 5.02. The smallest absolute Gasteiger partial charge is 0.127 e. The molecule has 1 nitrogen and oxygen atoms in total. The third-order valence-corrected chi connectivity index (χ3v) is 2.47. The lowest BCUT2D eigenvalue weighted by Gasteiger charge is -2.11. The van der Waals surface area contributed by atoms with E-state index in [9.17, 15) is 0 Å². The first-order chi connectivity index (χ1) is 4.33. The van der Waals surface area contributed by atoms with Crippen molar-refractivity contribution in [3.05, 3.63) is 26.1 Å². The molecule has 0 aromatic heterocycles. The molecule has 0 spiro atoms. The van der Waals surface area contributed by atoms with Crippen LogP contribution in [0.15, 0.2) is 12.1 Å². The number of methoxy groups -OCH3 is 1. The molecular formula is C7H5IO. The van der Waals surface area contributed by atoms with Crippen molar-refractivity contribution in [3.63, 3.8) is 0 Å². The largest absolute Gasteiger partial charge is 0.496 e. The second kappa shape index (κ2) is 1.62. The van der Waals surface area contributed by atoms with E-state index in [1.165, 1.54) is 14.0 Å². The summed E-state index contributed by atoms with van der Waals surface area (Å²) in [7, 11) is 1.70. The fraction of sp³-hybridized carbons (Fsp3) is 0.143. The molecule has 2 aliphatic carbocycles. The van der Waals surface area contributed by atoms with E-state index >= 15 is 0 Å². The van der Waals surface area contributed by atoms with Gasteiger partial charge in [0.15, 0.2) is 0 Å². The van der Waals surface area contributed by atoms with Gasteiger partial charge in [0.2, 0.25) is 0 Å². The second-order valence-electron chi connectivity index (χ2n) is 2.03. The van der Waals surface area contributed by atoms with E-state index in [-0.39, 0.29) is 0 Å². The van der Waals surface area contributed by atoms with Gasteiger partial charge in [0.1, 0.15) is 5.75 Å². The van der Waals surface area contributed by atoms with Crippen molar-refractivity contribution in [2.75, 3.05) is 7.11 Å². The molecule has 2 rings (SSSR count). The molecule has 0 aromatic rings. The highest BCUT2D eigenvalue weighted by atomic mass is 127. The zero-order chi connectivity index (χ0) is 6.43. The summed E-state index contributed by atoms with van der Waals surface area (Å²) in [4.78, 5) is 0. The zero-order valence-corrected chi connectivity index (χ0v) is 7.10. The van der Waals surface area contributed by atoms with Gasteiger partial charge in [0.05, 0.1) is 7.11 Å². The van der Waals surface area contributed by atoms with E-state index < -0.39 is 0 Å². The monoisotopic (exact) mass is 232 g/mol. The molecule has 2 aliphatic rings. The Labute approximate surface area is 66.5 Å². The molecule has 0 N–H and O–H groups in total. The van der Waals surface area contributed by atoms with Crippen LogP contribution in [-0.4, -0.2) is 7.11 Å². The summed E-state index contributed by atoms with van der Waals surface area (Å²) >= 11 is 2.32. The van der Waals surface area contributed by atoms with Crippen LogP contribution >= 0.6 is 22.6 Å². The quantitative estimate of drug-likeness (QED) is 0.682. The lowest BCUT2D eigenvalue weighted by molar-refractivity contribution is 0.406. The Bertz CT molecular complexity index is 343. The summed E-state index contributed by atoms with van der Waals surface area (Å²) in [6, 6.07) is 4.20. The molecule has 0 bridgehead atoms. The van der Waals surface area contributed by atoms with E-state index in [4.69, 9.17) is 4.74 Å². The number of benzene rings is 1. The molecule has 0 saturated heterocycles. The lowest BCUT2D eigenvalue weighted by Crippen LogP contribution is -1.97. The molecule has 0 unspecified atom stereocenters. The van der Waals surface area contributed by atoms with E-state index in [0.717, 1.165) is 5.75 Å². The average molecular weight is 232 g/mol. The van der Waals surface area contributed by atoms with Gasteiger partial charge in [-0.05, 0) is 34.7 Å². The normalized spacial score (nSPS) is 11.3. The van der Waals surface area contributed by atoms with Gasteiger partial charge in [-0.1, -0.05) is 0 Å². The van der Waals surface area contributed by atoms with E-state index in [2.05, 4.69) is 34.7 Å². The van der Waals surface area contributed by atoms with Gasteiger partial charge in [0.25, 0.3) is 0 Å². The van der Waals surface area contributed by atoms with Gasteiger partial charge in [-0.15, -0.1) is 0 Å². The van der Waals surface area contributed by atoms with Crippen LogP contribution in [0.5, 0.6) is 5.75 Å². The molecule has 0 atom stereocenters. The number of ether oxygens (including phenoxy) is 1. The highest BCUT2D eigenvalue weighted by Crippen LogP contribution is 2.28. The van der Waals surface area contributed by atoms with Crippen LogP contribution in [-0.2, 0) is 0 Å². The lowest BCUT2D eigenvalue weighted by atomic mass is 10.1. The van der Waals surface area contributed by atoms with Crippen molar-refractivity contribution in [1.82, 2.24) is 0 Å². The average Bonchev–Trinajstić information content (AvgIpc) is 1.83. The molecule has 0 radical (unpaired) electrons. The third kappa shape index (κ3) is 0.542. The van der Waals surface area contributed by atoms with E-state index in [0.29, 0.717) is 0 Å². The Morgan fingerprint density at radius 1 is 1.33 bits per heavy atom. The van der Waals surface area contributed by atoms with Crippen molar-refractivity contribution in [2.24, 2.45) is 0 Å². The van der Waals surface area contributed by atoms with Crippen LogP contribution in [0.2, 0.25) is 0 Å². The summed E-state index contributed by atoms with van der Waals surface area (Å²) in [5.74, 6) is 1.03. The first-order valence-corrected chi connectivity index (χ1v) is 3.78. The highest BCUT2D eigenvalue weighted by Gasteiger charge is 2.09. The van der Waals surface area contributed by atoms with Gasteiger partial charge in [-0.3, -0.25) is 0 Å². The maximum Gasteiger partial charge on any atom is 0.127 e. The highest BCUT2D eigenvalue weighted by molar-refractivity contribution is 14.1. The van der Waals surface area contributed by atoms with E-state index in [1.54, 1.807) is 7.11 Å². The summed E-state index contributed by atoms with van der Waals surface area (Å²) in [5, 5.41) is 2.66. The zero-order valence-electron chi connectivity index (χ0n) is 4.94. The minimum Gasteiger partial charge on any atom is -0.496 e. The molecule has 0 amide bonds. The molecule has 0 aliphatic heterocycles. The fourth-order valence-electron chi connectivity index (χ4n) is 0.984. The van der Waals surface area contributed by atoms with Crippen molar-refractivity contribution >= 4 is 22.6 Å². The maximum absolute atomic E-state index is 5.02. The number of hydrogen-bond acceptors (Lipinski definition) is 1. The predicted octanol–water partition coefficient (Wildman–Crippen LogP) is 1.90. The Morgan fingerprint density at radius 3 is 2.44 bits per heavy atom. The molecule has 0 aromatic carbocycles. The van der Waals surface area contributed by atoms with Crippen molar-refractivity contribution in [1.29, 1.82) is 0 Å². The SMILES string of the molecule is COc1cc2c(I)cc1=2. The molecule has 46 valence electrons. The standard InChI is InChI=1S/C7H5IO/c1-9-7-3-4-5(7)2-6(4)8/h2-3H,1H3. The topological polar surface area (TPSA) is 9.23 Å². The summed E-state index contributed by atoms with van der Waals surface area (Å²) in [6.07, 6.45) is 0. The van der Waals surface area contributed by atoms with Crippen LogP contribution in [0.3, 0.4) is 0 Å². The van der Waals surface area contributed by atoms with Crippen molar-refractivity contribution < 1.29 is 4.74 Å². The Hall–Kier alpha value is -0.250. The molecule has 0 fully saturated rings. The molecule has 2 heteroatoms. The van der Waals surface area contributed by atoms with Gasteiger partial charge >= 0.3 is 0 Å². The first-order valence-electron chi connectivity index (χ1n) is 2.71. The molecule has 0 heterocycles. The number of hydrogen-bond donors (Lipinski definition) is 0. The molecular weight excluding hydrogens is 227 g/mol. The number of rotatable bonds is 1. The summed E-state index contributed by atoms with van der Waals surface area (Å²) in [5.41, 5.74) is 0. The van der Waals surface area contributed by atoms with Crippen LogP contribution in [0.1, 0.15) is 0 Å². The Kier molecular flexibility index (Phi) is 0.997. The van der Waals surface area contributed by atoms with Gasteiger partial charge in [-0.25, -0.2) is 0 Å². The Morgan fingerprint density at radius 2 is 2.11 bits per heavy atom. The fourth-order valence-corrected chi connectivity index (χ4v) is 1.74. The van der Waals surface area contributed by atoms with Gasteiger partial charge < -0.3 is 4.74 Å². The van der Waals surface area contributed by atoms with Crippen LogP contribution in [0.4, 0.5) is 0 Å². The molecule has 9 heavy (non-hydrogen) atoms. The predicted molar refractivity (Wildman–Crippen MR) is 43.4 cm³/mol. The van der Waals surface area contributed by atoms with Crippen LogP contribution in [0.25, 0.3) is 0 Å². The summed E-state index contributed by atoms with van der Waals surface area (Å²) in [6.45, 7) is 0. The minimum atomic E-state index is 1.03. The van der Waals surface area contributed by atoms with Gasteiger partial charge in [0, 0.05) is 14.0 Å². The Balaban J connectivity index is 2.59. The molecule has 0 saturated carbocycles.